The lowest BCUT2D eigenvalue weighted by Crippen LogP contribution is -2.46. The van der Waals surface area contributed by atoms with E-state index in [2.05, 4.69) is 32.5 Å². The minimum Gasteiger partial charge on any atom is -0.444 e. The maximum atomic E-state index is 13.2. The fourth-order valence-electron chi connectivity index (χ4n) is 5.95. The van der Waals surface area contributed by atoms with E-state index in [1.165, 1.54) is 11.3 Å². The Hall–Kier alpha value is -3.44. The third-order valence-corrected chi connectivity index (χ3v) is 9.52. The monoisotopic (exact) mass is 594 g/mol. The van der Waals surface area contributed by atoms with Gasteiger partial charge >= 0.3 is 6.09 Å². The molecule has 0 radical (unpaired) electrons. The van der Waals surface area contributed by atoms with E-state index in [1.807, 2.05) is 40.7 Å². The number of nitrogens with zero attached hydrogens (tertiary/aromatic N) is 2. The number of thiazole rings is 1. The summed E-state index contributed by atoms with van der Waals surface area (Å²) in [5.41, 5.74) is 8.57. The summed E-state index contributed by atoms with van der Waals surface area (Å²) >= 11 is 1.48. The zero-order chi connectivity index (χ0) is 30.4. The van der Waals surface area contributed by atoms with Gasteiger partial charge in [0.05, 0.1) is 21.5 Å². The van der Waals surface area contributed by atoms with Crippen LogP contribution in [0.15, 0.2) is 18.3 Å². The number of carbonyl (C=O) groups excluding carboxylic acids is 3. The zero-order valence-electron chi connectivity index (χ0n) is 25.3. The summed E-state index contributed by atoms with van der Waals surface area (Å²) in [7, 11) is 2.11. The van der Waals surface area contributed by atoms with Crippen molar-refractivity contribution in [1.82, 2.24) is 25.5 Å². The van der Waals surface area contributed by atoms with Gasteiger partial charge in [-0.25, -0.2) is 9.78 Å². The van der Waals surface area contributed by atoms with E-state index >= 15 is 0 Å². The molecule has 42 heavy (non-hydrogen) atoms. The molecule has 0 saturated carbocycles. The molecule has 1 unspecified atom stereocenters. The number of aromatic amines is 1. The van der Waals surface area contributed by atoms with Crippen molar-refractivity contribution in [3.63, 3.8) is 0 Å². The molecule has 5 rings (SSSR count). The van der Waals surface area contributed by atoms with Crippen molar-refractivity contribution in [2.45, 2.75) is 83.9 Å². The summed E-state index contributed by atoms with van der Waals surface area (Å²) in [5.74, 6) is -0.522. The van der Waals surface area contributed by atoms with Gasteiger partial charge in [-0.05, 0) is 98.5 Å². The molecule has 0 bridgehead atoms. The standard InChI is InChI=1S/C31H42N6O4S/c1-30(2,3)41-29(40)36-31(4,5)28-33-16-23(42-28)20-9-10-21(26(32)38)25-24(20)19-8-7-17(15-22(19)35-25)27(39)34-18-11-13-37(6)14-12-18/h9-10,16-18,35H,7-8,11-15H2,1-6H3,(H2,32,38)(H,34,39)(H,36,40). The second-order valence-electron chi connectivity index (χ2n) is 13.2. The highest BCUT2D eigenvalue weighted by molar-refractivity contribution is 7.15. The highest BCUT2D eigenvalue weighted by Gasteiger charge is 2.33. The van der Waals surface area contributed by atoms with Crippen molar-refractivity contribution in [3.8, 4) is 10.4 Å². The fourth-order valence-corrected chi connectivity index (χ4v) is 6.95. The molecule has 1 aliphatic carbocycles. The number of nitrogens with one attached hydrogen (secondary N) is 3. The molecule has 10 nitrogen and oxygen atoms in total. The van der Waals surface area contributed by atoms with Gasteiger partial charge in [0.1, 0.15) is 10.6 Å². The minimum atomic E-state index is -0.760. The summed E-state index contributed by atoms with van der Waals surface area (Å²) < 4.78 is 5.45. The third kappa shape index (κ3) is 6.32. The van der Waals surface area contributed by atoms with Crippen LogP contribution in [0.25, 0.3) is 21.3 Å². The second-order valence-corrected chi connectivity index (χ2v) is 14.2. The summed E-state index contributed by atoms with van der Waals surface area (Å²) in [5, 5.41) is 7.89. The minimum absolute atomic E-state index is 0.107. The lowest BCUT2D eigenvalue weighted by atomic mass is 9.85. The van der Waals surface area contributed by atoms with Crippen LogP contribution in [-0.4, -0.2) is 64.6 Å². The van der Waals surface area contributed by atoms with Crippen molar-refractivity contribution < 1.29 is 19.1 Å². The topological polar surface area (TPSA) is 142 Å². The molecule has 11 heteroatoms. The average molecular weight is 595 g/mol. The number of likely N-dealkylation sites (tertiary alicyclic amines) is 1. The molecule has 2 aromatic heterocycles. The van der Waals surface area contributed by atoms with E-state index in [4.69, 9.17) is 10.5 Å². The molecule has 1 saturated heterocycles. The number of hydrogen-bond acceptors (Lipinski definition) is 7. The Morgan fingerprint density at radius 3 is 2.50 bits per heavy atom. The van der Waals surface area contributed by atoms with Crippen LogP contribution in [0, 0.1) is 5.92 Å². The summed E-state index contributed by atoms with van der Waals surface area (Å²) in [6, 6.07) is 3.89. The molecular weight excluding hydrogens is 552 g/mol. The zero-order valence-corrected chi connectivity index (χ0v) is 26.2. The number of alkyl carbamates (subject to hydrolysis) is 1. The number of aryl methyl sites for hydroxylation is 1. The van der Waals surface area contributed by atoms with E-state index in [9.17, 15) is 14.4 Å². The highest BCUT2D eigenvalue weighted by Crippen LogP contribution is 2.41. The molecule has 3 amide bonds. The normalized spacial score (nSPS) is 18.5. The van der Waals surface area contributed by atoms with Gasteiger partial charge < -0.3 is 31.0 Å². The number of H-pyrrole nitrogens is 1. The van der Waals surface area contributed by atoms with Crippen molar-refractivity contribution in [1.29, 1.82) is 0 Å². The molecule has 1 aliphatic heterocycles. The number of benzene rings is 1. The van der Waals surface area contributed by atoms with Gasteiger partial charge in [-0.1, -0.05) is 6.07 Å². The maximum Gasteiger partial charge on any atom is 0.408 e. The first kappa shape index (κ1) is 30.0. The molecule has 3 aromatic rings. The molecule has 1 aromatic carbocycles. The molecule has 226 valence electrons. The van der Waals surface area contributed by atoms with Gasteiger partial charge in [-0.2, -0.15) is 0 Å². The van der Waals surface area contributed by atoms with Crippen molar-refractivity contribution in [3.05, 3.63) is 40.2 Å². The van der Waals surface area contributed by atoms with E-state index in [0.29, 0.717) is 23.9 Å². The summed E-state index contributed by atoms with van der Waals surface area (Å²) in [4.78, 5) is 49.5. The van der Waals surface area contributed by atoms with E-state index < -0.39 is 23.1 Å². The summed E-state index contributed by atoms with van der Waals surface area (Å²) in [6.45, 7) is 11.2. The van der Waals surface area contributed by atoms with Crippen LogP contribution in [0.5, 0.6) is 0 Å². The van der Waals surface area contributed by atoms with E-state index in [1.54, 1.807) is 12.3 Å². The molecule has 3 heterocycles. The maximum absolute atomic E-state index is 13.2. The number of primary amides is 1. The van der Waals surface area contributed by atoms with E-state index in [0.717, 1.165) is 64.4 Å². The van der Waals surface area contributed by atoms with Gasteiger partial charge in [0.15, 0.2) is 0 Å². The fraction of sp³-hybridized carbons (Fsp3) is 0.548. The number of carbonyl (C=O) groups is 3. The average Bonchev–Trinajstić information content (AvgIpc) is 3.53. The predicted molar refractivity (Wildman–Crippen MR) is 164 cm³/mol. The second kappa shape index (κ2) is 11.3. The van der Waals surface area contributed by atoms with Crippen LogP contribution >= 0.6 is 11.3 Å². The number of nitrogens with two attached hydrogens (primary N) is 1. The Balaban J connectivity index is 1.42. The predicted octanol–water partition coefficient (Wildman–Crippen LogP) is 4.47. The first-order chi connectivity index (χ1) is 19.7. The van der Waals surface area contributed by atoms with Gasteiger partial charge in [-0.15, -0.1) is 11.3 Å². The number of piperidine rings is 1. The summed E-state index contributed by atoms with van der Waals surface area (Å²) in [6.07, 6.45) is 5.27. The quantitative estimate of drug-likeness (QED) is 0.332. The number of amides is 3. The molecular formula is C31H42N6O4S. The van der Waals surface area contributed by atoms with Gasteiger partial charge in [-0.3, -0.25) is 9.59 Å². The smallest absolute Gasteiger partial charge is 0.408 e. The number of rotatable bonds is 6. The van der Waals surface area contributed by atoms with Crippen LogP contribution in [-0.2, 0) is 27.9 Å². The van der Waals surface area contributed by atoms with Crippen LogP contribution in [0.1, 0.15) is 80.5 Å². The number of aromatic nitrogens is 2. The third-order valence-electron chi connectivity index (χ3n) is 8.16. The van der Waals surface area contributed by atoms with Gasteiger partial charge in [0.25, 0.3) is 5.91 Å². The number of ether oxygens (including phenoxy) is 1. The Morgan fingerprint density at radius 1 is 1.12 bits per heavy atom. The van der Waals surface area contributed by atoms with Crippen LogP contribution in [0.4, 0.5) is 4.79 Å². The molecule has 5 N–H and O–H groups in total. The van der Waals surface area contributed by atoms with Crippen molar-refractivity contribution in [2.75, 3.05) is 20.1 Å². The van der Waals surface area contributed by atoms with Crippen LogP contribution in [0.2, 0.25) is 0 Å². The first-order valence-electron chi connectivity index (χ1n) is 14.6. The Labute approximate surface area is 250 Å². The number of fused-ring (bicyclic) bond motifs is 3. The van der Waals surface area contributed by atoms with Crippen LogP contribution in [0.3, 0.4) is 0 Å². The lowest BCUT2D eigenvalue weighted by molar-refractivity contribution is -0.126. The van der Waals surface area contributed by atoms with Crippen LogP contribution < -0.4 is 16.4 Å². The van der Waals surface area contributed by atoms with E-state index in [-0.39, 0.29) is 17.9 Å². The largest absolute Gasteiger partial charge is 0.444 e. The number of hydrogen-bond donors (Lipinski definition) is 4. The van der Waals surface area contributed by atoms with Gasteiger partial charge in [0.2, 0.25) is 5.91 Å². The Morgan fingerprint density at radius 2 is 1.83 bits per heavy atom. The molecule has 1 atom stereocenters. The SMILES string of the molecule is CN1CCC(NC(=O)C2CCc3c([nH]c4c(C(N)=O)ccc(-c5cnc(C(C)(C)NC(=O)OC(C)(C)C)s5)c34)C2)CC1. The van der Waals surface area contributed by atoms with Crippen molar-refractivity contribution in [2.24, 2.45) is 11.7 Å². The van der Waals surface area contributed by atoms with Crippen molar-refractivity contribution >= 4 is 40.1 Å². The molecule has 0 spiro atoms. The Bertz CT molecular complexity index is 1510. The highest BCUT2D eigenvalue weighted by atomic mass is 32.1. The lowest BCUT2D eigenvalue weighted by Gasteiger charge is -2.31. The van der Waals surface area contributed by atoms with Gasteiger partial charge in [0, 0.05) is 34.8 Å². The molecule has 2 aliphatic rings. The first-order valence-corrected chi connectivity index (χ1v) is 15.5. The molecule has 1 fully saturated rings. The Kier molecular flexibility index (Phi) is 8.10.